The van der Waals surface area contributed by atoms with Crippen LogP contribution >= 0.6 is 0 Å². The lowest BCUT2D eigenvalue weighted by molar-refractivity contribution is 0.308. The molecule has 0 atom stereocenters. The van der Waals surface area contributed by atoms with Crippen molar-refractivity contribution in [2.45, 2.75) is 64.5 Å². The molecule has 0 heterocycles. The van der Waals surface area contributed by atoms with Crippen LogP contribution in [0.15, 0.2) is 0 Å². The summed E-state index contributed by atoms with van der Waals surface area (Å²) in [6.07, 6.45) is 8.11. The van der Waals surface area contributed by atoms with Gasteiger partial charge in [0, 0.05) is 25.2 Å². The highest BCUT2D eigenvalue weighted by molar-refractivity contribution is 4.82. The summed E-state index contributed by atoms with van der Waals surface area (Å²) in [6, 6.07) is 1.66. The van der Waals surface area contributed by atoms with Crippen molar-refractivity contribution in [2.24, 2.45) is 0 Å². The molecule has 1 aliphatic carbocycles. The smallest absolute Gasteiger partial charge is 0.0107 e. The molecule has 0 radical (unpaired) electrons. The van der Waals surface area contributed by atoms with Gasteiger partial charge < -0.3 is 10.2 Å². The van der Waals surface area contributed by atoms with Gasteiger partial charge in [0.15, 0.2) is 0 Å². The van der Waals surface area contributed by atoms with Gasteiger partial charge in [0.25, 0.3) is 0 Å². The van der Waals surface area contributed by atoms with Gasteiger partial charge in [0.05, 0.1) is 0 Å². The summed E-state index contributed by atoms with van der Waals surface area (Å²) >= 11 is 0. The van der Waals surface area contributed by atoms with Gasteiger partial charge in [-0.05, 0) is 32.7 Å². The van der Waals surface area contributed by atoms with Gasteiger partial charge in [-0.15, -0.1) is 0 Å². The molecule has 0 aromatic rings. The maximum atomic E-state index is 3.69. The summed E-state index contributed by atoms with van der Waals surface area (Å²) in [5.74, 6) is 0. The lowest BCUT2D eigenvalue weighted by Gasteiger charge is -2.20. The monoisotopic (exact) mass is 212 g/mol. The highest BCUT2D eigenvalue weighted by atomic mass is 15.2. The van der Waals surface area contributed by atoms with E-state index in [-0.39, 0.29) is 0 Å². The Morgan fingerprint density at radius 3 is 2.27 bits per heavy atom. The molecule has 90 valence electrons. The number of likely N-dealkylation sites (N-methyl/N-ethyl adjacent to an activating group) is 1. The molecular formula is C13H28N2. The average Bonchev–Trinajstić information content (AvgIpc) is 3.01. The molecule has 0 aromatic carbocycles. The van der Waals surface area contributed by atoms with Gasteiger partial charge >= 0.3 is 0 Å². The molecule has 1 fully saturated rings. The zero-order chi connectivity index (χ0) is 11.1. The van der Waals surface area contributed by atoms with E-state index < -0.39 is 0 Å². The van der Waals surface area contributed by atoms with Crippen molar-refractivity contribution < 1.29 is 0 Å². The van der Waals surface area contributed by atoms with Crippen LogP contribution in [0.25, 0.3) is 0 Å². The number of nitrogens with one attached hydrogen (secondary N) is 1. The van der Waals surface area contributed by atoms with Crippen LogP contribution in [0.3, 0.4) is 0 Å². The zero-order valence-electron chi connectivity index (χ0n) is 10.8. The second-order valence-corrected chi connectivity index (χ2v) is 4.94. The molecule has 0 amide bonds. The Hall–Kier alpha value is -0.0800. The quantitative estimate of drug-likeness (QED) is 0.632. The van der Waals surface area contributed by atoms with Crippen molar-refractivity contribution >= 4 is 0 Å². The SMILES string of the molecule is CCCC(CCC)NCCN(C)C1CC1. The van der Waals surface area contributed by atoms with E-state index in [4.69, 9.17) is 0 Å². The predicted molar refractivity (Wildman–Crippen MR) is 67.3 cm³/mol. The Morgan fingerprint density at radius 1 is 1.20 bits per heavy atom. The molecule has 1 aliphatic rings. The molecule has 0 spiro atoms. The third kappa shape index (κ3) is 5.53. The van der Waals surface area contributed by atoms with Crippen molar-refractivity contribution in [3.8, 4) is 0 Å². The van der Waals surface area contributed by atoms with E-state index in [0.717, 1.165) is 18.6 Å². The van der Waals surface area contributed by atoms with Crippen LogP contribution in [0.1, 0.15) is 52.4 Å². The summed E-state index contributed by atoms with van der Waals surface area (Å²) in [6.45, 7) is 6.94. The zero-order valence-corrected chi connectivity index (χ0v) is 10.8. The standard InChI is InChI=1S/C13H28N2/c1-4-6-12(7-5-2)14-10-11-15(3)13-8-9-13/h12-14H,4-11H2,1-3H3. The van der Waals surface area contributed by atoms with Crippen LogP contribution in [0, 0.1) is 0 Å². The van der Waals surface area contributed by atoms with Gasteiger partial charge in [-0.3, -0.25) is 0 Å². The first-order valence-electron chi connectivity index (χ1n) is 6.71. The van der Waals surface area contributed by atoms with Crippen LogP contribution < -0.4 is 5.32 Å². The molecular weight excluding hydrogens is 184 g/mol. The first kappa shape index (κ1) is 13.0. The molecule has 1 saturated carbocycles. The van der Waals surface area contributed by atoms with Crippen molar-refractivity contribution in [1.29, 1.82) is 0 Å². The molecule has 1 rings (SSSR count). The maximum absolute atomic E-state index is 3.69. The van der Waals surface area contributed by atoms with Crippen LogP contribution in [0.5, 0.6) is 0 Å². The largest absolute Gasteiger partial charge is 0.313 e. The van der Waals surface area contributed by atoms with Crippen molar-refractivity contribution in [2.75, 3.05) is 20.1 Å². The van der Waals surface area contributed by atoms with Gasteiger partial charge in [-0.25, -0.2) is 0 Å². The highest BCUT2D eigenvalue weighted by Crippen LogP contribution is 2.24. The van der Waals surface area contributed by atoms with E-state index in [1.807, 2.05) is 0 Å². The lowest BCUT2D eigenvalue weighted by atomic mass is 10.1. The third-order valence-corrected chi connectivity index (χ3v) is 3.34. The number of nitrogens with zero attached hydrogens (tertiary/aromatic N) is 1. The summed E-state index contributed by atoms with van der Waals surface area (Å²) in [5.41, 5.74) is 0. The van der Waals surface area contributed by atoms with Crippen LogP contribution in [0.2, 0.25) is 0 Å². The summed E-state index contributed by atoms with van der Waals surface area (Å²) in [7, 11) is 2.26. The third-order valence-electron chi connectivity index (χ3n) is 3.34. The normalized spacial score (nSPS) is 16.6. The molecule has 0 unspecified atom stereocenters. The highest BCUT2D eigenvalue weighted by Gasteiger charge is 2.25. The molecule has 15 heavy (non-hydrogen) atoms. The van der Waals surface area contributed by atoms with Gasteiger partial charge in [-0.1, -0.05) is 26.7 Å². The fourth-order valence-corrected chi connectivity index (χ4v) is 2.19. The van der Waals surface area contributed by atoms with Gasteiger partial charge in [0.2, 0.25) is 0 Å². The van der Waals surface area contributed by atoms with E-state index in [9.17, 15) is 0 Å². The summed E-state index contributed by atoms with van der Waals surface area (Å²) in [5, 5.41) is 3.69. The fraction of sp³-hybridized carbons (Fsp3) is 1.00. The molecule has 0 saturated heterocycles. The Morgan fingerprint density at radius 2 is 1.80 bits per heavy atom. The van der Waals surface area contributed by atoms with Crippen LogP contribution in [0.4, 0.5) is 0 Å². The minimum atomic E-state index is 0.757. The number of rotatable bonds is 9. The Kier molecular flexibility index (Phi) is 6.26. The Labute approximate surface area is 95.4 Å². The van der Waals surface area contributed by atoms with Crippen molar-refractivity contribution in [1.82, 2.24) is 10.2 Å². The van der Waals surface area contributed by atoms with Crippen molar-refractivity contribution in [3.63, 3.8) is 0 Å². The number of hydrogen-bond donors (Lipinski definition) is 1. The maximum Gasteiger partial charge on any atom is 0.0107 e. The molecule has 0 bridgehead atoms. The second kappa shape index (κ2) is 7.24. The topological polar surface area (TPSA) is 15.3 Å². The molecule has 1 N–H and O–H groups in total. The Bertz CT molecular complexity index is 149. The van der Waals surface area contributed by atoms with E-state index in [2.05, 4.69) is 31.1 Å². The minimum Gasteiger partial charge on any atom is -0.313 e. The van der Waals surface area contributed by atoms with E-state index in [0.29, 0.717) is 0 Å². The van der Waals surface area contributed by atoms with Crippen molar-refractivity contribution in [3.05, 3.63) is 0 Å². The molecule has 0 aromatic heterocycles. The van der Waals surface area contributed by atoms with Gasteiger partial charge in [0.1, 0.15) is 0 Å². The first-order chi connectivity index (χ1) is 7.27. The molecule has 2 heteroatoms. The lowest BCUT2D eigenvalue weighted by Crippen LogP contribution is -2.36. The van der Waals surface area contributed by atoms with Gasteiger partial charge in [-0.2, -0.15) is 0 Å². The fourth-order valence-electron chi connectivity index (χ4n) is 2.19. The van der Waals surface area contributed by atoms with E-state index in [1.165, 1.54) is 45.1 Å². The minimum absolute atomic E-state index is 0.757. The molecule has 0 aliphatic heterocycles. The van der Waals surface area contributed by atoms with E-state index >= 15 is 0 Å². The molecule has 2 nitrogen and oxygen atoms in total. The van der Waals surface area contributed by atoms with Crippen LogP contribution in [-0.4, -0.2) is 37.1 Å². The van der Waals surface area contributed by atoms with E-state index in [1.54, 1.807) is 0 Å². The van der Waals surface area contributed by atoms with Crippen LogP contribution in [-0.2, 0) is 0 Å². The second-order valence-electron chi connectivity index (χ2n) is 4.94. The Balaban J connectivity index is 2.03. The number of hydrogen-bond acceptors (Lipinski definition) is 2. The first-order valence-corrected chi connectivity index (χ1v) is 6.71. The average molecular weight is 212 g/mol. The summed E-state index contributed by atoms with van der Waals surface area (Å²) < 4.78 is 0. The summed E-state index contributed by atoms with van der Waals surface area (Å²) in [4.78, 5) is 2.50. The predicted octanol–water partition coefficient (Wildman–Crippen LogP) is 2.64.